The summed E-state index contributed by atoms with van der Waals surface area (Å²) in [5, 5.41) is 0. The standard InChI is InChI=1S/C21H15F2N/c22-19-10-6-17(7-11-19)21(18-8-12-20(23)13-9-18)24-15-14-16-4-2-1-3-5-16/h1-15H/b15-14+. The molecule has 0 unspecified atom stereocenters. The van der Waals surface area contributed by atoms with Gasteiger partial charge in [0.1, 0.15) is 11.6 Å². The van der Waals surface area contributed by atoms with Crippen molar-refractivity contribution in [3.8, 4) is 0 Å². The van der Waals surface area contributed by atoms with Crippen LogP contribution in [-0.4, -0.2) is 5.71 Å². The van der Waals surface area contributed by atoms with Gasteiger partial charge in [-0.05, 0) is 60.2 Å². The molecule has 0 atom stereocenters. The van der Waals surface area contributed by atoms with E-state index in [1.807, 2.05) is 36.4 Å². The second kappa shape index (κ2) is 7.47. The summed E-state index contributed by atoms with van der Waals surface area (Å²) >= 11 is 0. The lowest BCUT2D eigenvalue weighted by atomic mass is 10.0. The van der Waals surface area contributed by atoms with Gasteiger partial charge < -0.3 is 0 Å². The minimum absolute atomic E-state index is 0.308. The van der Waals surface area contributed by atoms with Crippen molar-refractivity contribution in [1.82, 2.24) is 0 Å². The van der Waals surface area contributed by atoms with E-state index in [4.69, 9.17) is 0 Å². The number of benzene rings is 3. The van der Waals surface area contributed by atoms with E-state index >= 15 is 0 Å². The zero-order valence-electron chi connectivity index (χ0n) is 12.9. The number of nitrogens with zero attached hydrogens (tertiary/aromatic N) is 1. The normalized spacial score (nSPS) is 10.8. The molecule has 0 bridgehead atoms. The molecule has 0 heterocycles. The Morgan fingerprint density at radius 2 is 1.17 bits per heavy atom. The molecule has 1 nitrogen and oxygen atoms in total. The van der Waals surface area contributed by atoms with Crippen LogP contribution in [0, 0.1) is 11.6 Å². The van der Waals surface area contributed by atoms with Gasteiger partial charge in [-0.3, -0.25) is 4.99 Å². The maximum absolute atomic E-state index is 13.2. The van der Waals surface area contributed by atoms with E-state index in [1.165, 1.54) is 24.3 Å². The molecule has 0 saturated carbocycles. The van der Waals surface area contributed by atoms with Crippen LogP contribution < -0.4 is 0 Å². The Morgan fingerprint density at radius 3 is 1.67 bits per heavy atom. The summed E-state index contributed by atoms with van der Waals surface area (Å²) in [5.74, 6) is -0.617. The minimum Gasteiger partial charge on any atom is -0.256 e. The van der Waals surface area contributed by atoms with Gasteiger partial charge in [0.2, 0.25) is 0 Å². The van der Waals surface area contributed by atoms with Crippen LogP contribution in [0.3, 0.4) is 0 Å². The molecule has 0 radical (unpaired) electrons. The predicted molar refractivity (Wildman–Crippen MR) is 93.9 cm³/mol. The van der Waals surface area contributed by atoms with E-state index in [0.29, 0.717) is 5.71 Å². The zero-order valence-corrected chi connectivity index (χ0v) is 12.9. The highest BCUT2D eigenvalue weighted by atomic mass is 19.1. The van der Waals surface area contributed by atoms with E-state index in [2.05, 4.69) is 4.99 Å². The SMILES string of the molecule is Fc1ccc(C(=N/C=C/c2ccccc2)c2ccc(F)cc2)cc1. The summed E-state index contributed by atoms with van der Waals surface area (Å²) in [7, 11) is 0. The molecule has 0 aliphatic rings. The summed E-state index contributed by atoms with van der Waals surface area (Å²) in [4.78, 5) is 4.51. The molecule has 0 fully saturated rings. The van der Waals surface area contributed by atoms with E-state index in [1.54, 1.807) is 30.5 Å². The van der Waals surface area contributed by atoms with Gasteiger partial charge in [0.25, 0.3) is 0 Å². The third-order valence-electron chi connectivity index (χ3n) is 3.51. The van der Waals surface area contributed by atoms with Gasteiger partial charge in [0.05, 0.1) is 5.71 Å². The molecular weight excluding hydrogens is 304 g/mol. The molecule has 0 aliphatic carbocycles. The van der Waals surface area contributed by atoms with Crippen LogP contribution in [0.5, 0.6) is 0 Å². The molecule has 0 amide bonds. The molecule has 3 heteroatoms. The molecule has 3 aromatic rings. The Balaban J connectivity index is 1.98. The smallest absolute Gasteiger partial charge is 0.123 e. The second-order valence-electron chi connectivity index (χ2n) is 5.22. The fourth-order valence-electron chi connectivity index (χ4n) is 2.29. The second-order valence-corrected chi connectivity index (χ2v) is 5.22. The first kappa shape index (κ1) is 15.8. The maximum atomic E-state index is 13.2. The molecule has 0 spiro atoms. The van der Waals surface area contributed by atoms with Crippen LogP contribution in [0.25, 0.3) is 6.08 Å². The van der Waals surface area contributed by atoms with Crippen molar-refractivity contribution in [1.29, 1.82) is 0 Å². The number of aliphatic imine (C=N–C) groups is 1. The molecule has 118 valence electrons. The maximum Gasteiger partial charge on any atom is 0.123 e. The average molecular weight is 319 g/mol. The van der Waals surface area contributed by atoms with Gasteiger partial charge in [-0.1, -0.05) is 30.3 Å². The number of hydrogen-bond acceptors (Lipinski definition) is 1. The first-order valence-corrected chi connectivity index (χ1v) is 7.54. The fourth-order valence-corrected chi connectivity index (χ4v) is 2.29. The van der Waals surface area contributed by atoms with Crippen LogP contribution in [-0.2, 0) is 0 Å². The minimum atomic E-state index is -0.308. The summed E-state index contributed by atoms with van der Waals surface area (Å²) in [6.45, 7) is 0. The lowest BCUT2D eigenvalue weighted by Gasteiger charge is -2.06. The summed E-state index contributed by atoms with van der Waals surface area (Å²) in [6.07, 6.45) is 3.57. The quantitative estimate of drug-likeness (QED) is 0.565. The Bertz CT molecular complexity index is 801. The predicted octanol–water partition coefficient (Wildman–Crippen LogP) is 5.47. The van der Waals surface area contributed by atoms with Crippen molar-refractivity contribution in [2.45, 2.75) is 0 Å². The molecule has 3 aromatic carbocycles. The largest absolute Gasteiger partial charge is 0.256 e. The monoisotopic (exact) mass is 319 g/mol. The third kappa shape index (κ3) is 4.02. The first-order chi connectivity index (χ1) is 11.7. The number of rotatable bonds is 4. The zero-order chi connectivity index (χ0) is 16.8. The van der Waals surface area contributed by atoms with Crippen LogP contribution in [0.2, 0.25) is 0 Å². The molecule has 24 heavy (non-hydrogen) atoms. The van der Waals surface area contributed by atoms with Gasteiger partial charge in [-0.2, -0.15) is 0 Å². The Morgan fingerprint density at radius 1 is 0.667 bits per heavy atom. The first-order valence-electron chi connectivity index (χ1n) is 7.54. The van der Waals surface area contributed by atoms with Crippen molar-refractivity contribution in [2.24, 2.45) is 4.99 Å². The molecular formula is C21H15F2N. The summed E-state index contributed by atoms with van der Waals surface area (Å²) in [5.41, 5.74) is 3.21. The third-order valence-corrected chi connectivity index (χ3v) is 3.51. The van der Waals surface area contributed by atoms with Crippen molar-refractivity contribution in [3.05, 3.63) is 113 Å². The van der Waals surface area contributed by atoms with Gasteiger partial charge in [0, 0.05) is 17.3 Å². The summed E-state index contributed by atoms with van der Waals surface area (Å²) in [6, 6.07) is 22.0. The highest BCUT2D eigenvalue weighted by Gasteiger charge is 2.07. The Labute approximate surface area is 139 Å². The van der Waals surface area contributed by atoms with Crippen LogP contribution in [0.4, 0.5) is 8.78 Å². The van der Waals surface area contributed by atoms with Gasteiger partial charge in [-0.25, -0.2) is 8.78 Å². The fraction of sp³-hybridized carbons (Fsp3) is 0. The lowest BCUT2D eigenvalue weighted by molar-refractivity contribution is 0.627. The molecule has 0 aliphatic heterocycles. The highest BCUT2D eigenvalue weighted by Crippen LogP contribution is 2.14. The number of hydrogen-bond donors (Lipinski definition) is 0. The van der Waals surface area contributed by atoms with E-state index < -0.39 is 0 Å². The van der Waals surface area contributed by atoms with Crippen LogP contribution in [0.15, 0.2) is 90.1 Å². The highest BCUT2D eigenvalue weighted by molar-refractivity contribution is 6.13. The molecule has 0 aromatic heterocycles. The van der Waals surface area contributed by atoms with Crippen molar-refractivity contribution in [2.75, 3.05) is 0 Å². The van der Waals surface area contributed by atoms with Crippen molar-refractivity contribution >= 4 is 11.8 Å². The van der Waals surface area contributed by atoms with E-state index in [-0.39, 0.29) is 11.6 Å². The Kier molecular flexibility index (Phi) is 4.92. The molecule has 0 N–H and O–H groups in total. The van der Waals surface area contributed by atoms with Gasteiger partial charge in [0.15, 0.2) is 0 Å². The van der Waals surface area contributed by atoms with Crippen LogP contribution >= 0.6 is 0 Å². The van der Waals surface area contributed by atoms with Crippen molar-refractivity contribution < 1.29 is 8.78 Å². The van der Waals surface area contributed by atoms with E-state index in [9.17, 15) is 8.78 Å². The van der Waals surface area contributed by atoms with Gasteiger partial charge >= 0.3 is 0 Å². The number of halogens is 2. The average Bonchev–Trinajstić information content (AvgIpc) is 2.62. The Hall–Kier alpha value is -3.07. The topological polar surface area (TPSA) is 12.4 Å². The molecule has 3 rings (SSSR count). The molecule has 0 saturated heterocycles. The van der Waals surface area contributed by atoms with Gasteiger partial charge in [-0.15, -0.1) is 0 Å². The lowest BCUT2D eigenvalue weighted by Crippen LogP contribution is -2.03. The summed E-state index contributed by atoms with van der Waals surface area (Å²) < 4.78 is 26.4. The van der Waals surface area contributed by atoms with Crippen LogP contribution in [0.1, 0.15) is 16.7 Å². The van der Waals surface area contributed by atoms with Crippen molar-refractivity contribution in [3.63, 3.8) is 0 Å². The van der Waals surface area contributed by atoms with E-state index in [0.717, 1.165) is 16.7 Å².